The molecular weight excluding hydrogens is 136 g/mol. The van der Waals surface area contributed by atoms with Crippen LogP contribution in [0.2, 0.25) is 0 Å². The van der Waals surface area contributed by atoms with Crippen molar-refractivity contribution >= 4 is 6.08 Å². The summed E-state index contributed by atoms with van der Waals surface area (Å²) < 4.78 is 0. The maximum Gasteiger partial charge on any atom is 0.116 e. The van der Waals surface area contributed by atoms with E-state index < -0.39 is 0 Å². The third-order valence-corrected chi connectivity index (χ3v) is 2.29. The van der Waals surface area contributed by atoms with Crippen molar-refractivity contribution in [2.75, 3.05) is 0 Å². The van der Waals surface area contributed by atoms with E-state index in [1.165, 1.54) is 11.1 Å². The quantitative estimate of drug-likeness (QED) is 0.559. The van der Waals surface area contributed by atoms with Crippen molar-refractivity contribution in [2.24, 2.45) is 0 Å². The molecule has 1 aliphatic carbocycles. The van der Waals surface area contributed by atoms with Crippen molar-refractivity contribution < 1.29 is 0 Å². The van der Waals surface area contributed by atoms with Gasteiger partial charge in [-0.3, -0.25) is 0 Å². The predicted molar refractivity (Wildman–Crippen MR) is 44.1 cm³/mol. The van der Waals surface area contributed by atoms with E-state index in [4.69, 9.17) is 0 Å². The van der Waals surface area contributed by atoms with Gasteiger partial charge < -0.3 is 0 Å². The molecule has 0 spiro atoms. The van der Waals surface area contributed by atoms with E-state index in [-0.39, 0.29) is 0 Å². The number of hydrogen-bond donors (Lipinski definition) is 0. The van der Waals surface area contributed by atoms with Crippen LogP contribution in [0.1, 0.15) is 31.0 Å². The number of hydrogen-bond acceptors (Lipinski definition) is 2. The molecule has 11 heavy (non-hydrogen) atoms. The van der Waals surface area contributed by atoms with Gasteiger partial charge in [0.25, 0.3) is 0 Å². The minimum Gasteiger partial charge on any atom is -0.244 e. The molecule has 2 rings (SSSR count). The zero-order valence-electron chi connectivity index (χ0n) is 6.70. The van der Waals surface area contributed by atoms with Crippen LogP contribution in [-0.4, -0.2) is 9.97 Å². The number of fused-ring (bicyclic) bond motifs is 1. The van der Waals surface area contributed by atoms with E-state index in [2.05, 4.69) is 29.9 Å². The van der Waals surface area contributed by atoms with Gasteiger partial charge in [0.2, 0.25) is 0 Å². The van der Waals surface area contributed by atoms with Gasteiger partial charge in [-0.15, -0.1) is 0 Å². The predicted octanol–water partition coefficient (Wildman–Crippen LogP) is 2.00. The van der Waals surface area contributed by atoms with E-state index >= 15 is 0 Å². The Morgan fingerprint density at radius 3 is 3.00 bits per heavy atom. The fraction of sp³-hybridized carbons (Fsp3) is 0.333. The molecule has 0 N–H and O–H groups in total. The molecule has 2 nitrogen and oxygen atoms in total. The van der Waals surface area contributed by atoms with Crippen LogP contribution in [0.3, 0.4) is 0 Å². The molecule has 0 fully saturated rings. The molecule has 56 valence electrons. The van der Waals surface area contributed by atoms with Gasteiger partial charge in [-0.05, 0) is 13.0 Å². The van der Waals surface area contributed by atoms with E-state index in [1.54, 1.807) is 6.33 Å². The highest BCUT2D eigenvalue weighted by atomic mass is 14.8. The molecule has 0 saturated carbocycles. The summed E-state index contributed by atoms with van der Waals surface area (Å²) in [4.78, 5) is 8.17. The first-order valence-corrected chi connectivity index (χ1v) is 3.77. The lowest BCUT2D eigenvalue weighted by Gasteiger charge is -2.04. The summed E-state index contributed by atoms with van der Waals surface area (Å²) in [6.07, 6.45) is 5.63. The zero-order valence-corrected chi connectivity index (χ0v) is 6.70. The molecule has 0 amide bonds. The molecule has 0 radical (unpaired) electrons. The smallest absolute Gasteiger partial charge is 0.116 e. The standard InChI is InChI=1S/C9H10N2/c1-6-3-9-8(7(6)2)4-10-5-11-9/h3-5,7H,1-2H3. The van der Waals surface area contributed by atoms with Gasteiger partial charge in [0.1, 0.15) is 6.33 Å². The average molecular weight is 146 g/mol. The molecule has 2 heteroatoms. The summed E-state index contributed by atoms with van der Waals surface area (Å²) >= 11 is 0. The van der Waals surface area contributed by atoms with E-state index in [1.807, 2.05) is 6.20 Å². The summed E-state index contributed by atoms with van der Waals surface area (Å²) in [6.45, 7) is 4.31. The number of rotatable bonds is 0. The lowest BCUT2D eigenvalue weighted by molar-refractivity contribution is 0.899. The first-order chi connectivity index (χ1) is 5.29. The largest absolute Gasteiger partial charge is 0.244 e. The topological polar surface area (TPSA) is 25.8 Å². The Bertz CT molecular complexity index is 315. The monoisotopic (exact) mass is 146 g/mol. The lowest BCUT2D eigenvalue weighted by atomic mass is 10.0. The highest BCUT2D eigenvalue weighted by molar-refractivity contribution is 5.61. The number of nitrogens with zero attached hydrogens (tertiary/aromatic N) is 2. The summed E-state index contributed by atoms with van der Waals surface area (Å²) in [6, 6.07) is 0. The highest BCUT2D eigenvalue weighted by Gasteiger charge is 2.18. The third kappa shape index (κ3) is 0.862. The molecule has 0 bridgehead atoms. The van der Waals surface area contributed by atoms with Crippen molar-refractivity contribution in [2.45, 2.75) is 19.8 Å². The summed E-state index contributed by atoms with van der Waals surface area (Å²) in [5.74, 6) is 0.506. The highest BCUT2D eigenvalue weighted by Crippen LogP contribution is 2.32. The summed E-state index contributed by atoms with van der Waals surface area (Å²) in [5.41, 5.74) is 3.72. The van der Waals surface area contributed by atoms with Gasteiger partial charge in [-0.2, -0.15) is 0 Å². The Morgan fingerprint density at radius 2 is 2.27 bits per heavy atom. The molecule has 1 atom stereocenters. The van der Waals surface area contributed by atoms with Crippen LogP contribution in [0.15, 0.2) is 18.1 Å². The molecule has 1 aromatic rings. The van der Waals surface area contributed by atoms with Gasteiger partial charge in [-0.25, -0.2) is 9.97 Å². The second-order valence-corrected chi connectivity index (χ2v) is 2.97. The first-order valence-electron chi connectivity index (χ1n) is 3.77. The molecular formula is C9H10N2. The van der Waals surface area contributed by atoms with Crippen LogP contribution >= 0.6 is 0 Å². The SMILES string of the molecule is CC1=Cc2ncncc2C1C. The average Bonchev–Trinajstić information content (AvgIpc) is 2.30. The van der Waals surface area contributed by atoms with E-state index in [0.29, 0.717) is 5.92 Å². The molecule has 0 aliphatic heterocycles. The minimum atomic E-state index is 0.506. The number of aromatic nitrogens is 2. The van der Waals surface area contributed by atoms with Crippen molar-refractivity contribution in [1.29, 1.82) is 0 Å². The maximum atomic E-state index is 4.17. The van der Waals surface area contributed by atoms with E-state index in [0.717, 1.165) is 5.69 Å². The van der Waals surface area contributed by atoms with Gasteiger partial charge in [0.05, 0.1) is 5.69 Å². The fourth-order valence-corrected chi connectivity index (χ4v) is 1.39. The lowest BCUT2D eigenvalue weighted by Crippen LogP contribution is -1.92. The Labute approximate surface area is 66.0 Å². The van der Waals surface area contributed by atoms with Crippen molar-refractivity contribution in [3.8, 4) is 0 Å². The summed E-state index contributed by atoms with van der Waals surface area (Å²) in [5, 5.41) is 0. The van der Waals surface area contributed by atoms with Crippen LogP contribution in [0.5, 0.6) is 0 Å². The second-order valence-electron chi connectivity index (χ2n) is 2.97. The van der Waals surface area contributed by atoms with Crippen molar-refractivity contribution in [1.82, 2.24) is 9.97 Å². The van der Waals surface area contributed by atoms with Crippen molar-refractivity contribution in [3.05, 3.63) is 29.4 Å². The van der Waals surface area contributed by atoms with Crippen LogP contribution in [0.4, 0.5) is 0 Å². The molecule has 0 aromatic carbocycles. The Hall–Kier alpha value is -1.18. The Balaban J connectivity index is 2.58. The normalized spacial score (nSPS) is 21.3. The zero-order chi connectivity index (χ0) is 7.84. The number of allylic oxidation sites excluding steroid dienone is 1. The second kappa shape index (κ2) is 2.16. The maximum absolute atomic E-state index is 4.17. The van der Waals surface area contributed by atoms with Crippen molar-refractivity contribution in [3.63, 3.8) is 0 Å². The molecule has 1 unspecified atom stereocenters. The molecule has 0 saturated heterocycles. The Kier molecular flexibility index (Phi) is 1.28. The van der Waals surface area contributed by atoms with Gasteiger partial charge in [0.15, 0.2) is 0 Å². The van der Waals surface area contributed by atoms with E-state index in [9.17, 15) is 0 Å². The molecule has 1 heterocycles. The van der Waals surface area contributed by atoms with Crippen LogP contribution in [0.25, 0.3) is 6.08 Å². The van der Waals surface area contributed by atoms with Crippen LogP contribution in [-0.2, 0) is 0 Å². The summed E-state index contributed by atoms with van der Waals surface area (Å²) in [7, 11) is 0. The third-order valence-electron chi connectivity index (χ3n) is 2.29. The Morgan fingerprint density at radius 1 is 1.45 bits per heavy atom. The first kappa shape index (κ1) is 6.53. The van der Waals surface area contributed by atoms with Gasteiger partial charge in [0, 0.05) is 17.7 Å². The molecule has 1 aliphatic rings. The van der Waals surface area contributed by atoms with Gasteiger partial charge in [-0.1, -0.05) is 12.5 Å². The van der Waals surface area contributed by atoms with Crippen LogP contribution in [0, 0.1) is 0 Å². The van der Waals surface area contributed by atoms with Gasteiger partial charge >= 0.3 is 0 Å². The fourth-order valence-electron chi connectivity index (χ4n) is 1.39. The molecule has 1 aromatic heterocycles. The minimum absolute atomic E-state index is 0.506. The van der Waals surface area contributed by atoms with Crippen LogP contribution < -0.4 is 0 Å².